The summed E-state index contributed by atoms with van der Waals surface area (Å²) >= 11 is 0. The van der Waals surface area contributed by atoms with Gasteiger partial charge in [0.15, 0.2) is 17.5 Å². The third kappa shape index (κ3) is 5.37. The lowest BCUT2D eigenvalue weighted by Gasteiger charge is -2.38. The Kier molecular flexibility index (Phi) is 8.20. The lowest BCUT2D eigenvalue weighted by Crippen LogP contribution is -2.48. The number of aliphatic imine (C=N–C) groups is 1. The fraction of sp³-hybridized carbons (Fsp3) is 0.524. The van der Waals surface area contributed by atoms with E-state index in [-0.39, 0.29) is 29.4 Å². The molecule has 1 aromatic heterocycles. The molecule has 3 heterocycles. The number of hydrogen-bond acceptors (Lipinski definition) is 5. The highest BCUT2D eigenvalue weighted by Gasteiger charge is 2.35. The van der Waals surface area contributed by atoms with Gasteiger partial charge >= 0.3 is 0 Å². The molecule has 2 aliphatic heterocycles. The summed E-state index contributed by atoms with van der Waals surface area (Å²) in [6, 6.07) is 8.23. The molecule has 0 bridgehead atoms. The Morgan fingerprint density at radius 2 is 2.03 bits per heavy atom. The maximum absolute atomic E-state index is 5.65. The van der Waals surface area contributed by atoms with Gasteiger partial charge in [-0.25, -0.2) is 0 Å². The van der Waals surface area contributed by atoms with E-state index < -0.39 is 0 Å². The van der Waals surface area contributed by atoms with Gasteiger partial charge in [0.25, 0.3) is 0 Å². The van der Waals surface area contributed by atoms with E-state index in [4.69, 9.17) is 14.2 Å². The van der Waals surface area contributed by atoms with Gasteiger partial charge in [-0.15, -0.1) is 24.0 Å². The lowest BCUT2D eigenvalue weighted by atomic mass is 9.74. The maximum Gasteiger partial charge on any atom is 0.231 e. The van der Waals surface area contributed by atoms with Gasteiger partial charge in [0, 0.05) is 57.7 Å². The Morgan fingerprint density at radius 1 is 1.20 bits per heavy atom. The summed E-state index contributed by atoms with van der Waals surface area (Å²) in [4.78, 5) is 4.39. The zero-order valence-corrected chi connectivity index (χ0v) is 19.6. The lowest BCUT2D eigenvalue weighted by molar-refractivity contribution is 0.0513. The van der Waals surface area contributed by atoms with Crippen LogP contribution in [-0.4, -0.2) is 55.9 Å². The van der Waals surface area contributed by atoms with E-state index in [1.807, 2.05) is 23.0 Å². The summed E-state index contributed by atoms with van der Waals surface area (Å²) < 4.78 is 18.7. The second-order valence-corrected chi connectivity index (χ2v) is 7.44. The van der Waals surface area contributed by atoms with Gasteiger partial charge < -0.3 is 24.8 Å². The van der Waals surface area contributed by atoms with Gasteiger partial charge in [0.1, 0.15) is 0 Å². The van der Waals surface area contributed by atoms with Crippen LogP contribution < -0.4 is 20.1 Å². The molecule has 0 radical (unpaired) electrons. The normalized spacial score (nSPS) is 17.3. The van der Waals surface area contributed by atoms with E-state index in [1.54, 1.807) is 13.2 Å². The second kappa shape index (κ2) is 10.9. The van der Waals surface area contributed by atoms with Crippen molar-refractivity contribution in [1.29, 1.82) is 0 Å². The van der Waals surface area contributed by atoms with Gasteiger partial charge in [0.05, 0.1) is 0 Å². The topological polar surface area (TPSA) is 81.9 Å². The first kappa shape index (κ1) is 22.7. The first-order chi connectivity index (χ1) is 14.3. The Balaban J connectivity index is 0.00000256. The van der Waals surface area contributed by atoms with Crippen LogP contribution in [0.5, 0.6) is 11.5 Å². The van der Waals surface area contributed by atoms with E-state index in [0.717, 1.165) is 69.6 Å². The number of rotatable bonds is 7. The molecule has 1 saturated heterocycles. The molecule has 0 amide bonds. The highest BCUT2D eigenvalue weighted by Crippen LogP contribution is 2.40. The summed E-state index contributed by atoms with van der Waals surface area (Å²) in [6.07, 6.45) is 6.67. The van der Waals surface area contributed by atoms with Crippen LogP contribution in [0.2, 0.25) is 0 Å². The molecule has 4 rings (SSSR count). The maximum atomic E-state index is 5.65. The molecule has 1 fully saturated rings. The van der Waals surface area contributed by atoms with Gasteiger partial charge in [0.2, 0.25) is 6.79 Å². The molecular weight excluding hydrogens is 497 g/mol. The third-order valence-electron chi connectivity index (χ3n) is 5.67. The number of nitrogens with one attached hydrogen (secondary N) is 2. The van der Waals surface area contributed by atoms with Gasteiger partial charge in [-0.1, -0.05) is 6.07 Å². The Hall–Kier alpha value is -2.01. The third-order valence-corrected chi connectivity index (χ3v) is 5.67. The van der Waals surface area contributed by atoms with Crippen LogP contribution in [0.3, 0.4) is 0 Å². The van der Waals surface area contributed by atoms with Crippen LogP contribution in [-0.2, 0) is 16.7 Å². The van der Waals surface area contributed by atoms with Crippen molar-refractivity contribution in [3.8, 4) is 11.5 Å². The van der Waals surface area contributed by atoms with Gasteiger partial charge in [-0.3, -0.25) is 9.67 Å². The molecule has 0 atom stereocenters. The molecule has 2 aliphatic rings. The highest BCUT2D eigenvalue weighted by molar-refractivity contribution is 14.0. The number of ether oxygens (including phenoxy) is 3. The molecule has 0 aliphatic carbocycles. The quantitative estimate of drug-likeness (QED) is 0.250. The van der Waals surface area contributed by atoms with E-state index in [9.17, 15) is 0 Å². The van der Waals surface area contributed by atoms with E-state index in [2.05, 4.69) is 32.9 Å². The summed E-state index contributed by atoms with van der Waals surface area (Å²) in [7, 11) is 1.81. The number of guanidine groups is 1. The molecule has 2 aromatic rings. The largest absolute Gasteiger partial charge is 0.454 e. The number of nitrogens with zero attached hydrogens (tertiary/aromatic N) is 3. The molecule has 1 aromatic carbocycles. The highest BCUT2D eigenvalue weighted by atomic mass is 127. The Morgan fingerprint density at radius 3 is 2.80 bits per heavy atom. The first-order valence-electron chi connectivity index (χ1n) is 10.2. The number of aryl methyl sites for hydroxylation is 1. The summed E-state index contributed by atoms with van der Waals surface area (Å²) in [5.74, 6) is 2.46. The minimum absolute atomic E-state index is 0. The predicted octanol–water partition coefficient (Wildman–Crippen LogP) is 2.53. The number of benzene rings is 1. The summed E-state index contributed by atoms with van der Waals surface area (Å²) in [6.45, 7) is 4.31. The minimum Gasteiger partial charge on any atom is -0.454 e. The smallest absolute Gasteiger partial charge is 0.231 e. The molecule has 0 saturated carbocycles. The molecule has 2 N–H and O–H groups in total. The molecule has 9 heteroatoms. The average Bonchev–Trinajstić information content (AvgIpc) is 3.45. The van der Waals surface area contributed by atoms with E-state index >= 15 is 0 Å². The SMILES string of the molecule is CN=C(NCCCn1cccn1)NCC1(c2ccc3c(c2)OCO3)CCOCC1.I. The molecule has 8 nitrogen and oxygen atoms in total. The van der Waals surface area contributed by atoms with Crippen LogP contribution >= 0.6 is 24.0 Å². The van der Waals surface area contributed by atoms with Gasteiger partial charge in [-0.2, -0.15) is 5.10 Å². The Bertz CT molecular complexity index is 822. The van der Waals surface area contributed by atoms with Crippen molar-refractivity contribution in [3.63, 3.8) is 0 Å². The summed E-state index contributed by atoms with van der Waals surface area (Å²) in [5, 5.41) is 11.2. The van der Waals surface area contributed by atoms with Crippen LogP contribution in [0, 0.1) is 0 Å². The fourth-order valence-corrected chi connectivity index (χ4v) is 3.91. The number of hydrogen-bond donors (Lipinski definition) is 2. The average molecular weight is 527 g/mol. The number of halogens is 1. The molecule has 30 heavy (non-hydrogen) atoms. The van der Waals surface area contributed by atoms with E-state index in [0.29, 0.717) is 6.79 Å². The number of fused-ring (bicyclic) bond motifs is 1. The van der Waals surface area contributed by atoms with Crippen molar-refractivity contribution in [2.24, 2.45) is 4.99 Å². The van der Waals surface area contributed by atoms with Crippen molar-refractivity contribution in [2.45, 2.75) is 31.2 Å². The zero-order valence-electron chi connectivity index (χ0n) is 17.3. The van der Waals surface area contributed by atoms with Crippen LogP contribution in [0.4, 0.5) is 0 Å². The summed E-state index contributed by atoms with van der Waals surface area (Å²) in [5.41, 5.74) is 1.23. The van der Waals surface area contributed by atoms with Crippen molar-refractivity contribution in [2.75, 3.05) is 40.1 Å². The van der Waals surface area contributed by atoms with Crippen molar-refractivity contribution in [1.82, 2.24) is 20.4 Å². The molecule has 164 valence electrons. The van der Waals surface area contributed by atoms with Crippen molar-refractivity contribution < 1.29 is 14.2 Å². The standard InChI is InChI=1S/C21H29N5O3.HI/c1-22-20(23-8-2-10-26-11-3-9-25-26)24-15-21(6-12-27-13-7-21)17-4-5-18-19(14-17)29-16-28-18;/h3-5,9,11,14H,2,6-8,10,12-13,15-16H2,1H3,(H2,22,23,24);1H. The predicted molar refractivity (Wildman–Crippen MR) is 126 cm³/mol. The monoisotopic (exact) mass is 527 g/mol. The molecule has 0 spiro atoms. The Labute approximate surface area is 194 Å². The zero-order chi connectivity index (χ0) is 19.9. The second-order valence-electron chi connectivity index (χ2n) is 7.44. The van der Waals surface area contributed by atoms with Gasteiger partial charge in [-0.05, 0) is 43.0 Å². The fourth-order valence-electron chi connectivity index (χ4n) is 3.91. The van der Waals surface area contributed by atoms with Crippen molar-refractivity contribution in [3.05, 3.63) is 42.2 Å². The molecular formula is C21H30IN5O3. The van der Waals surface area contributed by atoms with Crippen LogP contribution in [0.25, 0.3) is 0 Å². The van der Waals surface area contributed by atoms with E-state index in [1.165, 1.54) is 5.56 Å². The van der Waals surface area contributed by atoms with Crippen LogP contribution in [0.1, 0.15) is 24.8 Å². The number of aromatic nitrogens is 2. The minimum atomic E-state index is -0.0219. The van der Waals surface area contributed by atoms with Crippen molar-refractivity contribution >= 4 is 29.9 Å². The first-order valence-corrected chi connectivity index (χ1v) is 10.2. The molecule has 0 unspecified atom stereocenters. The van der Waals surface area contributed by atoms with Crippen LogP contribution in [0.15, 0.2) is 41.7 Å².